The number of carbonyl (C=O) groups excluding carboxylic acids is 2. The van der Waals surface area contributed by atoms with Crippen molar-refractivity contribution in [3.8, 4) is 0 Å². The fourth-order valence-electron chi connectivity index (χ4n) is 2.74. The molecule has 0 radical (unpaired) electrons. The van der Waals surface area contributed by atoms with E-state index >= 15 is 0 Å². The van der Waals surface area contributed by atoms with Gasteiger partial charge >= 0.3 is 30.9 Å². The van der Waals surface area contributed by atoms with Crippen LogP contribution in [0, 0.1) is 11.8 Å². The smallest absolute Gasteiger partial charge is 0.317 e. The molecule has 2 atom stereocenters. The highest BCUT2D eigenvalue weighted by atomic mass is 19.4. The third-order valence-corrected chi connectivity index (χ3v) is 4.55. The Balaban J connectivity index is -0.00000201. The summed E-state index contributed by atoms with van der Waals surface area (Å²) < 4.78 is 168. The first kappa shape index (κ1) is 38.9. The van der Waals surface area contributed by atoms with Crippen LogP contribution in [-0.2, 0) is 9.59 Å². The maximum absolute atomic E-state index is 13.7. The van der Waals surface area contributed by atoms with E-state index in [0.29, 0.717) is 13.0 Å². The van der Waals surface area contributed by atoms with Crippen molar-refractivity contribution in [2.45, 2.75) is 69.9 Å². The van der Waals surface area contributed by atoms with Crippen LogP contribution in [0.3, 0.4) is 0 Å². The molecule has 0 aromatic carbocycles. The highest BCUT2D eigenvalue weighted by Gasteiger charge is 2.74. The first-order valence-corrected chi connectivity index (χ1v) is 10.3. The standard InChI is InChI=1S/C16H23F13N2.C2H6.CO2/c1-31(2)7-3-5-30-6-4-10(13(18,19)20)8-11(14(21,22)23)9-12(17,15(24,25)26)16(27,28)29;1-2;2-1-3/h10-11,30H,3-9H2,1-2H3;1-2H3;. The first-order chi connectivity index (χ1) is 16.0. The molecule has 0 aliphatic heterocycles. The number of alkyl halides is 13. The zero-order valence-corrected chi connectivity index (χ0v) is 19.8. The van der Waals surface area contributed by atoms with Crippen molar-refractivity contribution in [1.29, 1.82) is 0 Å². The third-order valence-electron chi connectivity index (χ3n) is 4.55. The average Bonchev–Trinajstić information content (AvgIpc) is 2.67. The zero-order valence-electron chi connectivity index (χ0n) is 19.8. The van der Waals surface area contributed by atoms with Gasteiger partial charge in [-0.25, -0.2) is 4.39 Å². The number of halogens is 13. The lowest BCUT2D eigenvalue weighted by Crippen LogP contribution is -2.55. The van der Waals surface area contributed by atoms with E-state index in [1.165, 1.54) is 0 Å². The van der Waals surface area contributed by atoms with Gasteiger partial charge in [0.25, 0.3) is 5.67 Å². The van der Waals surface area contributed by atoms with Crippen LogP contribution in [-0.4, -0.2) is 75.2 Å². The molecule has 36 heavy (non-hydrogen) atoms. The minimum absolute atomic E-state index is 0.182. The Bertz CT molecular complexity index is 594. The molecule has 218 valence electrons. The van der Waals surface area contributed by atoms with Crippen LogP contribution in [0.25, 0.3) is 0 Å². The molecule has 0 fully saturated rings. The predicted molar refractivity (Wildman–Crippen MR) is 101 cm³/mol. The molecule has 0 saturated heterocycles. The van der Waals surface area contributed by atoms with Gasteiger partial charge in [-0.1, -0.05) is 13.8 Å². The predicted octanol–water partition coefficient (Wildman–Crippen LogP) is 6.33. The van der Waals surface area contributed by atoms with E-state index in [1.807, 2.05) is 13.8 Å². The van der Waals surface area contributed by atoms with Crippen molar-refractivity contribution in [3.05, 3.63) is 0 Å². The molecular weight excluding hydrogens is 535 g/mol. The molecule has 0 aromatic rings. The fourth-order valence-corrected chi connectivity index (χ4v) is 2.74. The lowest BCUT2D eigenvalue weighted by atomic mass is 9.82. The van der Waals surface area contributed by atoms with Crippen molar-refractivity contribution in [2.75, 3.05) is 33.7 Å². The van der Waals surface area contributed by atoms with Gasteiger partial charge in [0.1, 0.15) is 0 Å². The van der Waals surface area contributed by atoms with Crippen molar-refractivity contribution in [3.63, 3.8) is 0 Å². The van der Waals surface area contributed by atoms with E-state index in [1.54, 1.807) is 19.0 Å². The van der Waals surface area contributed by atoms with Crippen LogP contribution in [0.4, 0.5) is 57.1 Å². The highest BCUT2D eigenvalue weighted by molar-refractivity contribution is 5.20. The lowest BCUT2D eigenvalue weighted by Gasteiger charge is -2.35. The molecule has 0 spiro atoms. The van der Waals surface area contributed by atoms with Crippen molar-refractivity contribution < 1.29 is 66.7 Å². The summed E-state index contributed by atoms with van der Waals surface area (Å²) in [6, 6.07) is 0. The molecule has 2 unspecified atom stereocenters. The molecule has 0 amide bonds. The second kappa shape index (κ2) is 16.3. The maximum atomic E-state index is 13.7. The summed E-state index contributed by atoms with van der Waals surface area (Å²) in [5.41, 5.74) is -6.30. The fraction of sp³-hybridized carbons (Fsp3) is 0.947. The molecule has 0 aromatic heterocycles. The van der Waals surface area contributed by atoms with Gasteiger partial charge in [-0.2, -0.15) is 62.3 Å². The van der Waals surface area contributed by atoms with Gasteiger partial charge in [0.15, 0.2) is 0 Å². The van der Waals surface area contributed by atoms with Gasteiger partial charge in [0.2, 0.25) is 0 Å². The second-order valence-electron chi connectivity index (χ2n) is 7.49. The van der Waals surface area contributed by atoms with Gasteiger partial charge in [-0.15, -0.1) is 0 Å². The number of rotatable bonds is 11. The van der Waals surface area contributed by atoms with Crippen LogP contribution in [0.5, 0.6) is 0 Å². The lowest BCUT2D eigenvalue weighted by molar-refractivity contribution is -0.353. The van der Waals surface area contributed by atoms with E-state index in [2.05, 4.69) is 5.32 Å². The summed E-state index contributed by atoms with van der Waals surface area (Å²) >= 11 is 0. The van der Waals surface area contributed by atoms with Gasteiger partial charge < -0.3 is 10.2 Å². The summed E-state index contributed by atoms with van der Waals surface area (Å²) in [7, 11) is 3.42. The summed E-state index contributed by atoms with van der Waals surface area (Å²) in [6.07, 6.45) is -30.6. The summed E-state index contributed by atoms with van der Waals surface area (Å²) in [4.78, 5) is 18.0. The molecule has 0 heterocycles. The van der Waals surface area contributed by atoms with E-state index in [4.69, 9.17) is 9.59 Å². The Morgan fingerprint density at radius 1 is 0.722 bits per heavy atom. The van der Waals surface area contributed by atoms with Crippen LogP contribution < -0.4 is 5.32 Å². The van der Waals surface area contributed by atoms with E-state index < -0.39 is 68.0 Å². The summed E-state index contributed by atoms with van der Waals surface area (Å²) in [5.74, 6) is -6.70. The summed E-state index contributed by atoms with van der Waals surface area (Å²) in [5, 5.41) is 2.51. The van der Waals surface area contributed by atoms with Crippen molar-refractivity contribution >= 4 is 6.15 Å². The SMILES string of the molecule is CC.CN(C)CCCNCCC(CC(CC(F)(C(F)(F)F)C(F)(F)F)C(F)(F)F)C(F)(F)F.O=C=O. The monoisotopic (exact) mass is 564 g/mol. The largest absolute Gasteiger partial charge is 0.431 e. The molecule has 0 rings (SSSR count). The third kappa shape index (κ3) is 14.8. The Morgan fingerprint density at radius 3 is 1.42 bits per heavy atom. The topological polar surface area (TPSA) is 49.4 Å². The Morgan fingerprint density at radius 2 is 1.11 bits per heavy atom. The highest BCUT2D eigenvalue weighted by Crippen LogP contribution is 2.53. The molecule has 4 nitrogen and oxygen atoms in total. The first-order valence-electron chi connectivity index (χ1n) is 10.3. The van der Waals surface area contributed by atoms with Gasteiger partial charge in [-0.05, 0) is 53.0 Å². The van der Waals surface area contributed by atoms with Crippen LogP contribution in [0.1, 0.15) is 39.5 Å². The normalized spacial score (nSPS) is 14.7. The zero-order chi connectivity index (χ0) is 29.6. The Hall–Kier alpha value is -1.61. The number of hydrogen-bond donors (Lipinski definition) is 1. The minimum atomic E-state index is -6.80. The van der Waals surface area contributed by atoms with Crippen LogP contribution in [0.15, 0.2) is 0 Å². The van der Waals surface area contributed by atoms with Crippen LogP contribution in [0.2, 0.25) is 0 Å². The van der Waals surface area contributed by atoms with Gasteiger partial charge in [0, 0.05) is 6.42 Å². The Kier molecular flexibility index (Phi) is 17.6. The second-order valence-corrected chi connectivity index (χ2v) is 7.49. The van der Waals surface area contributed by atoms with E-state index in [9.17, 15) is 57.1 Å². The van der Waals surface area contributed by atoms with Gasteiger partial charge in [-0.3, -0.25) is 0 Å². The molecule has 0 aliphatic carbocycles. The average molecular weight is 564 g/mol. The quantitative estimate of drug-likeness (QED) is 0.236. The number of nitrogens with zero attached hydrogens (tertiary/aromatic N) is 1. The number of hydrogen-bond acceptors (Lipinski definition) is 4. The van der Waals surface area contributed by atoms with E-state index in [-0.39, 0.29) is 12.7 Å². The molecule has 0 aliphatic rings. The molecule has 1 N–H and O–H groups in total. The minimum Gasteiger partial charge on any atom is -0.317 e. The van der Waals surface area contributed by atoms with Crippen molar-refractivity contribution in [1.82, 2.24) is 10.2 Å². The van der Waals surface area contributed by atoms with Crippen molar-refractivity contribution in [2.24, 2.45) is 11.8 Å². The maximum Gasteiger partial charge on any atom is 0.431 e. The van der Waals surface area contributed by atoms with Crippen LogP contribution >= 0.6 is 0 Å². The molecule has 17 heteroatoms. The van der Waals surface area contributed by atoms with Gasteiger partial charge in [0.05, 0.1) is 11.8 Å². The van der Waals surface area contributed by atoms with E-state index in [0.717, 1.165) is 0 Å². The Labute approximate surface area is 199 Å². The molecular formula is C19H29F13N2O2. The molecule has 0 bridgehead atoms. The summed E-state index contributed by atoms with van der Waals surface area (Å²) in [6.45, 7) is 4.24. The molecule has 0 saturated carbocycles. The number of nitrogens with one attached hydrogen (secondary N) is 1.